The molecule has 3 nitrogen and oxygen atoms in total. The summed E-state index contributed by atoms with van der Waals surface area (Å²) in [5, 5.41) is 5.85. The first-order chi connectivity index (χ1) is 7.86. The molecular weight excluding hydrogens is 200 g/mol. The normalized spacial score (nSPS) is 11.1. The van der Waals surface area contributed by atoms with E-state index in [-0.39, 0.29) is 0 Å². The van der Waals surface area contributed by atoms with Gasteiger partial charge in [-0.15, -0.1) is 0 Å². The van der Waals surface area contributed by atoms with Gasteiger partial charge in [-0.3, -0.25) is 0 Å². The lowest BCUT2D eigenvalue weighted by Crippen LogP contribution is -1.98. The standard InChI is InChI=1S/C13H14N2O/c1-2-16-13-8-7-10-5-3-4-6-11(10)12(13)9-15-14/h3-9H,2,14H2,1H3. The van der Waals surface area contributed by atoms with E-state index in [9.17, 15) is 0 Å². The van der Waals surface area contributed by atoms with Crippen LogP contribution in [-0.2, 0) is 0 Å². The molecule has 82 valence electrons. The second-order valence-corrected chi connectivity index (χ2v) is 3.41. The zero-order valence-electron chi connectivity index (χ0n) is 9.18. The Hall–Kier alpha value is -2.03. The zero-order chi connectivity index (χ0) is 11.4. The van der Waals surface area contributed by atoms with Crippen molar-refractivity contribution in [3.63, 3.8) is 0 Å². The lowest BCUT2D eigenvalue weighted by Gasteiger charge is -2.09. The highest BCUT2D eigenvalue weighted by molar-refractivity contribution is 6.02. The van der Waals surface area contributed by atoms with Crippen LogP contribution in [0.3, 0.4) is 0 Å². The summed E-state index contributed by atoms with van der Waals surface area (Å²) in [5.41, 5.74) is 0.933. The van der Waals surface area contributed by atoms with Crippen molar-refractivity contribution in [1.82, 2.24) is 0 Å². The number of benzene rings is 2. The monoisotopic (exact) mass is 214 g/mol. The smallest absolute Gasteiger partial charge is 0.128 e. The average molecular weight is 214 g/mol. The summed E-state index contributed by atoms with van der Waals surface area (Å²) in [6, 6.07) is 12.1. The average Bonchev–Trinajstić information content (AvgIpc) is 2.32. The van der Waals surface area contributed by atoms with Crippen molar-refractivity contribution >= 4 is 17.0 Å². The molecule has 0 amide bonds. The molecule has 0 saturated carbocycles. The van der Waals surface area contributed by atoms with Gasteiger partial charge in [0.05, 0.1) is 12.8 Å². The Labute approximate surface area is 94.5 Å². The maximum Gasteiger partial charge on any atom is 0.128 e. The number of hydrogen-bond donors (Lipinski definition) is 1. The van der Waals surface area contributed by atoms with Gasteiger partial charge in [0.1, 0.15) is 5.75 Å². The van der Waals surface area contributed by atoms with Gasteiger partial charge in [-0.1, -0.05) is 30.3 Å². The third-order valence-corrected chi connectivity index (χ3v) is 2.43. The molecule has 0 aliphatic rings. The predicted molar refractivity (Wildman–Crippen MR) is 66.9 cm³/mol. The number of ether oxygens (including phenoxy) is 1. The fourth-order valence-corrected chi connectivity index (χ4v) is 1.76. The van der Waals surface area contributed by atoms with Gasteiger partial charge in [0.2, 0.25) is 0 Å². The Morgan fingerprint density at radius 2 is 2.06 bits per heavy atom. The molecule has 0 unspecified atom stereocenters. The number of rotatable bonds is 3. The van der Waals surface area contributed by atoms with Crippen LogP contribution in [0.25, 0.3) is 10.8 Å². The summed E-state index contributed by atoms with van der Waals surface area (Å²) < 4.78 is 5.55. The zero-order valence-corrected chi connectivity index (χ0v) is 9.18. The third kappa shape index (κ3) is 1.84. The van der Waals surface area contributed by atoms with Crippen LogP contribution in [0.4, 0.5) is 0 Å². The van der Waals surface area contributed by atoms with Crippen molar-refractivity contribution in [2.75, 3.05) is 6.61 Å². The van der Waals surface area contributed by atoms with Gasteiger partial charge in [-0.2, -0.15) is 5.10 Å². The predicted octanol–water partition coefficient (Wildman–Crippen LogP) is 2.53. The van der Waals surface area contributed by atoms with Crippen LogP contribution in [-0.4, -0.2) is 12.8 Å². The molecule has 0 atom stereocenters. The molecule has 0 aliphatic carbocycles. The molecule has 0 heterocycles. The molecular formula is C13H14N2O. The quantitative estimate of drug-likeness (QED) is 0.485. The topological polar surface area (TPSA) is 47.6 Å². The van der Waals surface area contributed by atoms with Crippen molar-refractivity contribution in [3.05, 3.63) is 42.0 Å². The van der Waals surface area contributed by atoms with Gasteiger partial charge >= 0.3 is 0 Å². The van der Waals surface area contributed by atoms with E-state index in [1.807, 2.05) is 37.3 Å². The Morgan fingerprint density at radius 1 is 1.25 bits per heavy atom. The van der Waals surface area contributed by atoms with Crippen LogP contribution < -0.4 is 10.6 Å². The van der Waals surface area contributed by atoms with Gasteiger partial charge in [-0.05, 0) is 23.8 Å². The summed E-state index contributed by atoms with van der Waals surface area (Å²) >= 11 is 0. The Morgan fingerprint density at radius 3 is 2.81 bits per heavy atom. The van der Waals surface area contributed by atoms with Crippen LogP contribution in [0, 0.1) is 0 Å². The fourth-order valence-electron chi connectivity index (χ4n) is 1.76. The van der Waals surface area contributed by atoms with Crippen LogP contribution in [0.1, 0.15) is 12.5 Å². The molecule has 0 fully saturated rings. The van der Waals surface area contributed by atoms with E-state index >= 15 is 0 Å². The van der Waals surface area contributed by atoms with Gasteiger partial charge in [-0.25, -0.2) is 0 Å². The Kier molecular flexibility index (Phi) is 3.05. The molecule has 2 N–H and O–H groups in total. The number of hydrazone groups is 1. The first-order valence-corrected chi connectivity index (χ1v) is 5.24. The molecule has 0 bridgehead atoms. The van der Waals surface area contributed by atoms with Crippen LogP contribution in [0.5, 0.6) is 5.75 Å². The van der Waals surface area contributed by atoms with Crippen molar-refractivity contribution in [2.45, 2.75) is 6.92 Å². The van der Waals surface area contributed by atoms with E-state index in [0.717, 1.165) is 22.1 Å². The van der Waals surface area contributed by atoms with E-state index in [2.05, 4.69) is 11.2 Å². The molecule has 2 rings (SSSR count). The third-order valence-electron chi connectivity index (χ3n) is 2.43. The number of fused-ring (bicyclic) bond motifs is 1. The minimum atomic E-state index is 0.629. The van der Waals surface area contributed by atoms with Gasteiger partial charge in [0, 0.05) is 5.56 Å². The molecule has 3 heteroatoms. The molecule has 2 aromatic rings. The largest absolute Gasteiger partial charge is 0.493 e. The highest BCUT2D eigenvalue weighted by Crippen LogP contribution is 2.26. The number of nitrogens with two attached hydrogens (primary N) is 1. The van der Waals surface area contributed by atoms with Crippen molar-refractivity contribution < 1.29 is 4.74 Å². The number of hydrogen-bond acceptors (Lipinski definition) is 3. The van der Waals surface area contributed by atoms with E-state index in [1.165, 1.54) is 0 Å². The first kappa shape index (κ1) is 10.5. The lowest BCUT2D eigenvalue weighted by molar-refractivity contribution is 0.340. The van der Waals surface area contributed by atoms with Crippen LogP contribution in [0.2, 0.25) is 0 Å². The van der Waals surface area contributed by atoms with Crippen LogP contribution >= 0.6 is 0 Å². The molecule has 0 aromatic heterocycles. The molecule has 0 saturated heterocycles. The SMILES string of the molecule is CCOc1ccc2ccccc2c1C=NN. The summed E-state index contributed by atoms with van der Waals surface area (Å²) in [6.45, 7) is 2.59. The van der Waals surface area contributed by atoms with Crippen molar-refractivity contribution in [3.8, 4) is 5.75 Å². The minimum absolute atomic E-state index is 0.629. The maximum atomic E-state index is 5.55. The van der Waals surface area contributed by atoms with E-state index < -0.39 is 0 Å². The minimum Gasteiger partial charge on any atom is -0.493 e. The molecule has 2 aromatic carbocycles. The summed E-state index contributed by atoms with van der Waals surface area (Å²) in [5.74, 6) is 6.05. The Balaban J connectivity index is 2.68. The van der Waals surface area contributed by atoms with Crippen LogP contribution in [0.15, 0.2) is 41.5 Å². The fraction of sp³-hybridized carbons (Fsp3) is 0.154. The van der Waals surface area contributed by atoms with Crippen molar-refractivity contribution in [2.24, 2.45) is 10.9 Å². The van der Waals surface area contributed by atoms with Gasteiger partial charge in [0.25, 0.3) is 0 Å². The summed E-state index contributed by atoms with van der Waals surface area (Å²) in [4.78, 5) is 0. The highest BCUT2D eigenvalue weighted by atomic mass is 16.5. The molecule has 0 spiro atoms. The second kappa shape index (κ2) is 4.66. The Bertz CT molecular complexity index is 520. The van der Waals surface area contributed by atoms with Gasteiger partial charge < -0.3 is 10.6 Å². The first-order valence-electron chi connectivity index (χ1n) is 5.24. The lowest BCUT2D eigenvalue weighted by atomic mass is 10.0. The van der Waals surface area contributed by atoms with E-state index in [0.29, 0.717) is 6.61 Å². The molecule has 0 aliphatic heterocycles. The molecule has 0 radical (unpaired) electrons. The van der Waals surface area contributed by atoms with E-state index in [1.54, 1.807) is 6.21 Å². The number of nitrogens with zero attached hydrogens (tertiary/aromatic N) is 1. The second-order valence-electron chi connectivity index (χ2n) is 3.41. The summed E-state index contributed by atoms with van der Waals surface area (Å²) in [6.07, 6.45) is 1.63. The van der Waals surface area contributed by atoms with Crippen molar-refractivity contribution in [1.29, 1.82) is 0 Å². The highest BCUT2D eigenvalue weighted by Gasteiger charge is 2.05. The molecule has 16 heavy (non-hydrogen) atoms. The maximum absolute atomic E-state index is 5.55. The summed E-state index contributed by atoms with van der Waals surface area (Å²) in [7, 11) is 0. The van der Waals surface area contributed by atoms with Gasteiger partial charge in [0.15, 0.2) is 0 Å². The van der Waals surface area contributed by atoms with E-state index in [4.69, 9.17) is 10.6 Å².